The molecule has 3 aromatic rings. The van der Waals surface area contributed by atoms with Gasteiger partial charge < -0.3 is 15.0 Å². The summed E-state index contributed by atoms with van der Waals surface area (Å²) in [7, 11) is -3.73. The van der Waals surface area contributed by atoms with E-state index in [-0.39, 0.29) is 17.0 Å². The van der Waals surface area contributed by atoms with Crippen LogP contribution >= 0.6 is 0 Å². The fourth-order valence-electron chi connectivity index (χ4n) is 4.23. The molecule has 2 aromatic carbocycles. The fourth-order valence-corrected chi connectivity index (χ4v) is 5.74. The van der Waals surface area contributed by atoms with Gasteiger partial charge in [0.1, 0.15) is 0 Å². The summed E-state index contributed by atoms with van der Waals surface area (Å²) >= 11 is 0. The summed E-state index contributed by atoms with van der Waals surface area (Å²) in [6.07, 6.45) is 2.51. The summed E-state index contributed by atoms with van der Waals surface area (Å²) in [5.74, 6) is 0. The normalized spacial score (nSPS) is 14.9. The lowest BCUT2D eigenvalue weighted by Crippen LogP contribution is -2.46. The van der Waals surface area contributed by atoms with Crippen molar-refractivity contribution in [2.24, 2.45) is 0 Å². The van der Waals surface area contributed by atoms with Crippen molar-refractivity contribution in [3.63, 3.8) is 0 Å². The van der Waals surface area contributed by atoms with E-state index >= 15 is 0 Å². The Hall–Kier alpha value is -3.01. The largest absolute Gasteiger partial charge is 0.450 e. The van der Waals surface area contributed by atoms with Gasteiger partial charge in [0.05, 0.1) is 17.2 Å². The van der Waals surface area contributed by atoms with Crippen LogP contribution in [-0.2, 0) is 27.8 Å². The van der Waals surface area contributed by atoms with Gasteiger partial charge in [-0.1, -0.05) is 36.4 Å². The number of amides is 1. The number of carbonyl (C=O) groups is 1. The predicted molar refractivity (Wildman–Crippen MR) is 131 cm³/mol. The van der Waals surface area contributed by atoms with Gasteiger partial charge in [0.2, 0.25) is 10.0 Å². The van der Waals surface area contributed by atoms with Gasteiger partial charge in [-0.05, 0) is 48.9 Å². The van der Waals surface area contributed by atoms with Gasteiger partial charge in [-0.3, -0.25) is 4.98 Å². The van der Waals surface area contributed by atoms with Gasteiger partial charge in [-0.15, -0.1) is 0 Å². The third-order valence-electron chi connectivity index (χ3n) is 5.95. The molecule has 2 heterocycles. The number of fused-ring (bicyclic) bond motifs is 1. The summed E-state index contributed by atoms with van der Waals surface area (Å²) in [6, 6.07) is 16.7. The Morgan fingerprint density at radius 1 is 1.03 bits per heavy atom. The highest BCUT2D eigenvalue weighted by Crippen LogP contribution is 2.27. The molecule has 0 spiro atoms. The highest BCUT2D eigenvalue weighted by Gasteiger charge is 2.28. The molecule has 4 rings (SSSR count). The molecule has 0 saturated carbocycles. The maximum atomic E-state index is 13.3. The average molecular weight is 483 g/mol. The van der Waals surface area contributed by atoms with Crippen molar-refractivity contribution in [2.75, 3.05) is 19.7 Å². The van der Waals surface area contributed by atoms with Crippen molar-refractivity contribution in [1.29, 1.82) is 0 Å². The van der Waals surface area contributed by atoms with Crippen molar-refractivity contribution in [3.8, 4) is 0 Å². The van der Waals surface area contributed by atoms with E-state index in [1.54, 1.807) is 24.1 Å². The third-order valence-corrected chi connectivity index (χ3v) is 7.53. The first-order valence-corrected chi connectivity index (χ1v) is 13.0. The highest BCUT2D eigenvalue weighted by molar-refractivity contribution is 7.89. The summed E-state index contributed by atoms with van der Waals surface area (Å²) < 4.78 is 34.5. The second kappa shape index (κ2) is 10.9. The van der Waals surface area contributed by atoms with Gasteiger partial charge in [0.25, 0.3) is 0 Å². The monoisotopic (exact) mass is 482 g/mol. The number of ether oxygens (including phenoxy) is 1. The number of likely N-dealkylation sites (tertiary alicyclic amines) is 1. The zero-order chi connectivity index (χ0) is 24.0. The average Bonchev–Trinajstić information content (AvgIpc) is 2.85. The van der Waals surface area contributed by atoms with E-state index < -0.39 is 10.0 Å². The van der Waals surface area contributed by atoms with Crippen LogP contribution in [-0.4, -0.2) is 50.1 Å². The Kier molecular flexibility index (Phi) is 7.77. The zero-order valence-corrected chi connectivity index (χ0v) is 20.1. The van der Waals surface area contributed by atoms with Crippen LogP contribution in [0.4, 0.5) is 4.79 Å². The Morgan fingerprint density at radius 2 is 1.76 bits per heavy atom. The molecule has 1 aromatic heterocycles. The second-order valence-corrected chi connectivity index (χ2v) is 9.96. The zero-order valence-electron chi connectivity index (χ0n) is 19.2. The fraction of sp³-hybridized carbons (Fsp3) is 0.360. The number of aromatic nitrogens is 1. The van der Waals surface area contributed by atoms with Crippen molar-refractivity contribution < 1.29 is 17.9 Å². The van der Waals surface area contributed by atoms with E-state index in [9.17, 15) is 13.2 Å². The van der Waals surface area contributed by atoms with Crippen molar-refractivity contribution in [2.45, 2.75) is 43.8 Å². The first kappa shape index (κ1) is 24.1. The van der Waals surface area contributed by atoms with Crippen LogP contribution in [0.25, 0.3) is 10.8 Å². The first-order chi connectivity index (χ1) is 16.5. The lowest BCUT2D eigenvalue weighted by molar-refractivity contribution is 0.0966. The second-order valence-electron chi connectivity index (χ2n) is 8.27. The summed E-state index contributed by atoms with van der Waals surface area (Å²) in [5.41, 5.74) is 1.97. The predicted octanol–water partition coefficient (Wildman–Crippen LogP) is 3.42. The van der Waals surface area contributed by atoms with Crippen LogP contribution < -0.4 is 10.0 Å². The van der Waals surface area contributed by atoms with E-state index in [2.05, 4.69) is 15.0 Å². The van der Waals surface area contributed by atoms with E-state index in [0.717, 1.165) is 16.6 Å². The third kappa shape index (κ3) is 5.72. The van der Waals surface area contributed by atoms with Gasteiger partial charge in [0.15, 0.2) is 0 Å². The maximum absolute atomic E-state index is 13.3. The number of pyridine rings is 1. The first-order valence-electron chi connectivity index (χ1n) is 11.5. The minimum absolute atomic E-state index is 0.228. The van der Waals surface area contributed by atoms with Crippen LogP contribution in [0.15, 0.2) is 65.7 Å². The van der Waals surface area contributed by atoms with Crippen LogP contribution in [0.3, 0.4) is 0 Å². The number of hydrogen-bond donors (Lipinski definition) is 2. The molecule has 0 unspecified atom stereocenters. The number of nitrogens with zero attached hydrogens (tertiary/aromatic N) is 2. The Bertz CT molecular complexity index is 1230. The van der Waals surface area contributed by atoms with Crippen LogP contribution in [0.5, 0.6) is 0 Å². The van der Waals surface area contributed by atoms with Gasteiger partial charge >= 0.3 is 6.09 Å². The molecule has 1 aliphatic heterocycles. The molecule has 0 bridgehead atoms. The quantitative estimate of drug-likeness (QED) is 0.510. The molecule has 180 valence electrons. The smallest absolute Gasteiger partial charge is 0.409 e. The molecule has 0 radical (unpaired) electrons. The number of hydrogen-bond acceptors (Lipinski definition) is 6. The lowest BCUT2D eigenvalue weighted by atomic mass is 10.0. The minimum Gasteiger partial charge on any atom is -0.450 e. The topological polar surface area (TPSA) is 101 Å². The van der Waals surface area contributed by atoms with Crippen LogP contribution in [0, 0.1) is 0 Å². The molecular formula is C25H30N4O4S. The molecule has 34 heavy (non-hydrogen) atoms. The summed E-state index contributed by atoms with van der Waals surface area (Å²) in [4.78, 5) is 18.1. The molecule has 1 saturated heterocycles. The van der Waals surface area contributed by atoms with Crippen molar-refractivity contribution in [1.82, 2.24) is 19.9 Å². The van der Waals surface area contributed by atoms with Gasteiger partial charge in [-0.2, -0.15) is 0 Å². The number of nitrogens with one attached hydrogen (secondary N) is 2. The van der Waals surface area contributed by atoms with Crippen molar-refractivity contribution >= 4 is 26.9 Å². The molecule has 1 amide bonds. The molecule has 1 fully saturated rings. The van der Waals surface area contributed by atoms with Gasteiger partial charge in [-0.25, -0.2) is 17.9 Å². The van der Waals surface area contributed by atoms with E-state index in [4.69, 9.17) is 4.74 Å². The SMILES string of the molecule is CCOC(=O)N1CCC(NS(=O)(=O)c2ccc(CNCc3ccccn3)c3ccccc23)CC1. The Morgan fingerprint density at radius 3 is 2.47 bits per heavy atom. The molecule has 9 heteroatoms. The Labute approximate surface area is 200 Å². The molecule has 2 N–H and O–H groups in total. The van der Waals surface area contributed by atoms with Crippen molar-refractivity contribution in [3.05, 3.63) is 72.1 Å². The van der Waals surface area contributed by atoms with E-state index in [0.29, 0.717) is 51.0 Å². The lowest BCUT2D eigenvalue weighted by Gasteiger charge is -2.31. The highest BCUT2D eigenvalue weighted by atomic mass is 32.2. The summed E-state index contributed by atoms with van der Waals surface area (Å²) in [5, 5.41) is 4.98. The number of benzene rings is 2. The van der Waals surface area contributed by atoms with Gasteiger partial charge in [0, 0.05) is 43.8 Å². The molecular weight excluding hydrogens is 452 g/mol. The number of sulfonamides is 1. The van der Waals surface area contributed by atoms with E-state index in [1.165, 1.54) is 0 Å². The number of piperidine rings is 1. The summed E-state index contributed by atoms with van der Waals surface area (Å²) in [6.45, 7) is 4.25. The minimum atomic E-state index is -3.73. The maximum Gasteiger partial charge on any atom is 0.409 e. The standard InChI is InChI=1S/C25H30N4O4S/c1-2-33-25(30)29-15-12-20(13-16-29)28-34(31,32)24-11-10-19(22-8-3-4-9-23(22)24)17-26-18-21-7-5-6-14-27-21/h3-11,14,20,26,28H,2,12-13,15-18H2,1H3. The van der Waals surface area contributed by atoms with E-state index in [1.807, 2.05) is 48.5 Å². The Balaban J connectivity index is 1.46. The number of carbonyl (C=O) groups excluding carboxylic acids is 1. The molecule has 0 atom stereocenters. The number of rotatable bonds is 8. The molecule has 0 aliphatic carbocycles. The molecule has 1 aliphatic rings. The molecule has 8 nitrogen and oxygen atoms in total. The van der Waals surface area contributed by atoms with Crippen LogP contribution in [0.2, 0.25) is 0 Å². The van der Waals surface area contributed by atoms with Crippen LogP contribution in [0.1, 0.15) is 31.0 Å².